The van der Waals surface area contributed by atoms with Gasteiger partial charge in [0.05, 0.1) is 18.3 Å². The highest BCUT2D eigenvalue weighted by atomic mass is 16.2. The molecule has 1 aromatic heterocycles. The van der Waals surface area contributed by atoms with Crippen LogP contribution in [0.25, 0.3) is 0 Å². The number of hydrogen-bond acceptors (Lipinski definition) is 3. The Morgan fingerprint density at radius 2 is 2.27 bits per heavy atom. The quantitative estimate of drug-likeness (QED) is 0.719. The third-order valence-corrected chi connectivity index (χ3v) is 1.95. The number of ketones is 1. The second kappa shape index (κ2) is 5.29. The summed E-state index contributed by atoms with van der Waals surface area (Å²) in [4.78, 5) is 22.6. The zero-order valence-corrected chi connectivity index (χ0v) is 8.99. The van der Waals surface area contributed by atoms with Crippen molar-refractivity contribution in [2.45, 2.75) is 19.8 Å². The Hall–Kier alpha value is -1.65. The van der Waals surface area contributed by atoms with E-state index in [9.17, 15) is 9.59 Å². The molecule has 0 aromatic carbocycles. The van der Waals surface area contributed by atoms with Crippen molar-refractivity contribution in [3.05, 3.63) is 18.0 Å². The van der Waals surface area contributed by atoms with E-state index in [0.29, 0.717) is 12.0 Å². The first kappa shape index (κ1) is 11.4. The number of nitrogens with zero attached hydrogens (tertiary/aromatic N) is 2. The topological polar surface area (TPSA) is 64.0 Å². The van der Waals surface area contributed by atoms with Crippen LogP contribution >= 0.6 is 0 Å². The largest absolute Gasteiger partial charge is 0.349 e. The van der Waals surface area contributed by atoms with Gasteiger partial charge in [0.25, 0.3) is 0 Å². The molecule has 1 heterocycles. The molecule has 15 heavy (non-hydrogen) atoms. The van der Waals surface area contributed by atoms with Gasteiger partial charge in [-0.05, 0) is 6.42 Å². The fourth-order valence-corrected chi connectivity index (χ4v) is 1.16. The number of Topliss-reactive ketones (excluding diaryl/α,β-unsaturated/α-hetero) is 1. The lowest BCUT2D eigenvalue weighted by Crippen LogP contribution is -2.29. The van der Waals surface area contributed by atoms with E-state index in [0.717, 1.165) is 6.42 Å². The van der Waals surface area contributed by atoms with Gasteiger partial charge in [-0.2, -0.15) is 5.10 Å². The Balaban J connectivity index is 2.40. The van der Waals surface area contributed by atoms with E-state index < -0.39 is 0 Å². The lowest BCUT2D eigenvalue weighted by molar-refractivity contribution is -0.120. The maximum Gasteiger partial charge on any atom is 0.220 e. The molecule has 0 saturated carbocycles. The predicted molar refractivity (Wildman–Crippen MR) is 55.5 cm³/mol. The number of nitrogens with one attached hydrogen (secondary N) is 1. The summed E-state index contributed by atoms with van der Waals surface area (Å²) >= 11 is 0. The van der Waals surface area contributed by atoms with Crippen molar-refractivity contribution in [2.24, 2.45) is 7.05 Å². The molecule has 0 saturated heterocycles. The molecule has 1 amide bonds. The molecule has 82 valence electrons. The molecule has 0 radical (unpaired) electrons. The summed E-state index contributed by atoms with van der Waals surface area (Å²) in [5.74, 6) is -0.206. The first-order chi connectivity index (χ1) is 7.13. The van der Waals surface area contributed by atoms with Gasteiger partial charge in [0.2, 0.25) is 5.91 Å². The smallest absolute Gasteiger partial charge is 0.220 e. The van der Waals surface area contributed by atoms with E-state index in [1.165, 1.54) is 6.20 Å². The summed E-state index contributed by atoms with van der Waals surface area (Å²) in [6.45, 7) is 1.97. The molecule has 5 nitrogen and oxygen atoms in total. The second-order valence-corrected chi connectivity index (χ2v) is 3.35. The lowest BCUT2D eigenvalue weighted by Gasteiger charge is -2.01. The van der Waals surface area contributed by atoms with Crippen LogP contribution in [0.1, 0.15) is 30.1 Å². The van der Waals surface area contributed by atoms with Crippen LogP contribution in [0.5, 0.6) is 0 Å². The van der Waals surface area contributed by atoms with Crippen molar-refractivity contribution in [1.82, 2.24) is 15.1 Å². The third kappa shape index (κ3) is 3.53. The molecule has 1 aromatic rings. The number of carbonyl (C=O) groups is 2. The van der Waals surface area contributed by atoms with E-state index in [1.54, 1.807) is 17.9 Å². The fraction of sp³-hybridized carbons (Fsp3) is 0.500. The zero-order valence-electron chi connectivity index (χ0n) is 8.99. The number of aryl methyl sites for hydroxylation is 1. The van der Waals surface area contributed by atoms with Crippen molar-refractivity contribution in [2.75, 3.05) is 6.54 Å². The van der Waals surface area contributed by atoms with Gasteiger partial charge in [0, 0.05) is 19.7 Å². The predicted octanol–water partition coefficient (Wildman–Crippen LogP) is 0.519. The standard InChI is InChI=1S/C10H15N3O2/c1-3-4-10(15)11-6-9(14)8-5-12-13(2)7-8/h5,7H,3-4,6H2,1-2H3,(H,11,15). The molecule has 0 aliphatic carbocycles. The van der Waals surface area contributed by atoms with Crippen LogP contribution in [0.4, 0.5) is 0 Å². The van der Waals surface area contributed by atoms with Crippen molar-refractivity contribution >= 4 is 11.7 Å². The summed E-state index contributed by atoms with van der Waals surface area (Å²) in [6, 6.07) is 0. The number of aromatic nitrogens is 2. The Kier molecular flexibility index (Phi) is 4.03. The first-order valence-corrected chi connectivity index (χ1v) is 4.92. The van der Waals surface area contributed by atoms with Gasteiger partial charge in [-0.25, -0.2) is 0 Å². The van der Waals surface area contributed by atoms with Crippen LogP contribution in [0, 0.1) is 0 Å². The summed E-state index contributed by atoms with van der Waals surface area (Å²) in [6.07, 6.45) is 4.37. The van der Waals surface area contributed by atoms with E-state index in [1.807, 2.05) is 6.92 Å². The molecule has 0 atom stereocenters. The first-order valence-electron chi connectivity index (χ1n) is 4.92. The molecular formula is C10H15N3O2. The number of rotatable bonds is 5. The second-order valence-electron chi connectivity index (χ2n) is 3.35. The summed E-state index contributed by atoms with van der Waals surface area (Å²) in [7, 11) is 1.74. The molecule has 5 heteroatoms. The van der Waals surface area contributed by atoms with E-state index in [2.05, 4.69) is 10.4 Å². The van der Waals surface area contributed by atoms with Gasteiger partial charge < -0.3 is 5.32 Å². The van der Waals surface area contributed by atoms with Crippen LogP contribution in [0.3, 0.4) is 0 Å². The minimum atomic E-state index is -0.118. The molecular weight excluding hydrogens is 194 g/mol. The third-order valence-electron chi connectivity index (χ3n) is 1.95. The Morgan fingerprint density at radius 3 is 2.80 bits per heavy atom. The summed E-state index contributed by atoms with van der Waals surface area (Å²) in [5, 5.41) is 6.45. The van der Waals surface area contributed by atoms with Crippen LogP contribution in [0.2, 0.25) is 0 Å². The van der Waals surface area contributed by atoms with Crippen molar-refractivity contribution in [1.29, 1.82) is 0 Å². The molecule has 0 aliphatic rings. The highest BCUT2D eigenvalue weighted by Crippen LogP contribution is 1.97. The SMILES string of the molecule is CCCC(=O)NCC(=O)c1cnn(C)c1. The van der Waals surface area contributed by atoms with E-state index in [4.69, 9.17) is 0 Å². The van der Waals surface area contributed by atoms with Gasteiger partial charge in [0.1, 0.15) is 0 Å². The van der Waals surface area contributed by atoms with Gasteiger partial charge in [-0.15, -0.1) is 0 Å². The van der Waals surface area contributed by atoms with Gasteiger partial charge in [-0.1, -0.05) is 6.92 Å². The molecule has 0 bridgehead atoms. The van der Waals surface area contributed by atoms with Crippen LogP contribution in [0.15, 0.2) is 12.4 Å². The molecule has 0 aliphatic heterocycles. The summed E-state index contributed by atoms with van der Waals surface area (Å²) < 4.78 is 1.56. The zero-order chi connectivity index (χ0) is 11.3. The van der Waals surface area contributed by atoms with Crippen LogP contribution in [-0.2, 0) is 11.8 Å². The number of amides is 1. The average Bonchev–Trinajstić information content (AvgIpc) is 2.62. The van der Waals surface area contributed by atoms with Crippen molar-refractivity contribution in [3.8, 4) is 0 Å². The highest BCUT2D eigenvalue weighted by Gasteiger charge is 2.08. The Morgan fingerprint density at radius 1 is 1.53 bits per heavy atom. The normalized spacial score (nSPS) is 10.0. The fourth-order valence-electron chi connectivity index (χ4n) is 1.16. The van der Waals surface area contributed by atoms with Crippen LogP contribution in [-0.4, -0.2) is 28.0 Å². The maximum absolute atomic E-state index is 11.5. The van der Waals surface area contributed by atoms with Gasteiger partial charge in [0.15, 0.2) is 5.78 Å². The van der Waals surface area contributed by atoms with Gasteiger partial charge >= 0.3 is 0 Å². The van der Waals surface area contributed by atoms with Gasteiger partial charge in [-0.3, -0.25) is 14.3 Å². The number of carbonyl (C=O) groups excluding carboxylic acids is 2. The molecule has 0 spiro atoms. The molecule has 1 rings (SSSR count). The van der Waals surface area contributed by atoms with Crippen molar-refractivity contribution < 1.29 is 9.59 Å². The molecule has 0 unspecified atom stereocenters. The van der Waals surface area contributed by atoms with Crippen LogP contribution < -0.4 is 5.32 Å². The highest BCUT2D eigenvalue weighted by molar-refractivity contribution is 5.98. The Labute approximate surface area is 88.5 Å². The number of hydrogen-bond donors (Lipinski definition) is 1. The monoisotopic (exact) mass is 209 g/mol. The molecule has 0 fully saturated rings. The average molecular weight is 209 g/mol. The van der Waals surface area contributed by atoms with Crippen molar-refractivity contribution in [3.63, 3.8) is 0 Å². The lowest BCUT2D eigenvalue weighted by atomic mass is 10.2. The molecule has 1 N–H and O–H groups in total. The summed E-state index contributed by atoms with van der Waals surface area (Å²) in [5.41, 5.74) is 0.522. The minimum Gasteiger partial charge on any atom is -0.349 e. The Bertz CT molecular complexity index is 357. The maximum atomic E-state index is 11.5. The minimum absolute atomic E-state index is 0.0462. The van der Waals surface area contributed by atoms with E-state index >= 15 is 0 Å². The van der Waals surface area contributed by atoms with E-state index in [-0.39, 0.29) is 18.2 Å².